The summed E-state index contributed by atoms with van der Waals surface area (Å²) in [5, 5.41) is 19.6. The summed E-state index contributed by atoms with van der Waals surface area (Å²) in [6.45, 7) is 7.26. The number of aliphatic hydroxyl groups excluding tert-OH is 1. The molecule has 0 saturated heterocycles. The Morgan fingerprint density at radius 1 is 0.977 bits per heavy atom. The Hall–Kier alpha value is -3.50. The van der Waals surface area contributed by atoms with Gasteiger partial charge in [0.1, 0.15) is 5.75 Å². The molecule has 0 spiro atoms. The Kier molecular flexibility index (Phi) is 12.8. The number of aliphatic hydroxyl groups is 1. The van der Waals surface area contributed by atoms with Gasteiger partial charge in [-0.1, -0.05) is 31.0 Å². The molecule has 9 heteroatoms. The number of hydrogen-bond donors (Lipinski definition) is 4. The van der Waals surface area contributed by atoms with E-state index in [9.17, 15) is 9.90 Å². The van der Waals surface area contributed by atoms with E-state index in [-0.39, 0.29) is 6.03 Å². The van der Waals surface area contributed by atoms with Gasteiger partial charge in [0.15, 0.2) is 0 Å². The lowest BCUT2D eigenvalue weighted by molar-refractivity contribution is -0.180. The summed E-state index contributed by atoms with van der Waals surface area (Å²) in [6, 6.07) is 17.1. The average Bonchev–Trinajstić information content (AvgIpc) is 2.99. The molecule has 4 N–H and O–H groups in total. The van der Waals surface area contributed by atoms with E-state index < -0.39 is 11.9 Å². The Morgan fingerprint density at radius 3 is 2.60 bits per heavy atom. The van der Waals surface area contributed by atoms with Crippen LogP contribution in [0.1, 0.15) is 75.2 Å². The number of unbranched alkanes of at least 4 members (excludes halogenated alkanes) is 4. The number of benzene rings is 2. The maximum Gasteiger partial charge on any atom is 0.323 e. The maximum atomic E-state index is 12.2. The highest BCUT2D eigenvalue weighted by Crippen LogP contribution is 2.32. The van der Waals surface area contributed by atoms with Gasteiger partial charge in [-0.05, 0) is 86.2 Å². The van der Waals surface area contributed by atoms with Gasteiger partial charge in [0.2, 0.25) is 5.79 Å². The number of urea groups is 1. The molecule has 1 atom stereocenters. The van der Waals surface area contributed by atoms with E-state index in [4.69, 9.17) is 14.2 Å². The predicted octanol–water partition coefficient (Wildman–Crippen LogP) is 6.59. The number of hydrogen-bond acceptors (Lipinski definition) is 7. The fourth-order valence-corrected chi connectivity index (χ4v) is 4.90. The first-order chi connectivity index (χ1) is 20.9. The highest BCUT2D eigenvalue weighted by Gasteiger charge is 2.27. The minimum absolute atomic E-state index is 0.286. The molecule has 1 aromatic heterocycles. The molecule has 0 bridgehead atoms. The fraction of sp³-hybridized carbons (Fsp3) is 0.471. The lowest BCUT2D eigenvalue weighted by Gasteiger charge is -2.33. The molecule has 0 saturated carbocycles. The third kappa shape index (κ3) is 11.6. The smallest absolute Gasteiger partial charge is 0.323 e. The summed E-state index contributed by atoms with van der Waals surface area (Å²) in [5.41, 5.74) is 4.46. The normalized spacial score (nSPS) is 14.4. The molecule has 0 radical (unpaired) electrons. The molecule has 3 aromatic rings. The summed E-state index contributed by atoms with van der Waals surface area (Å²) in [6.07, 6.45) is 10.1. The number of carbonyl (C=O) groups excluding carboxylic acids is 1. The van der Waals surface area contributed by atoms with Gasteiger partial charge < -0.3 is 35.3 Å². The highest BCUT2D eigenvalue weighted by atomic mass is 16.7. The number of nitrogens with one attached hydrogen (secondary N) is 3. The van der Waals surface area contributed by atoms with Crippen molar-refractivity contribution in [2.75, 3.05) is 36.9 Å². The molecule has 4 rings (SSSR count). The number of ether oxygens (including phenoxy) is 3. The van der Waals surface area contributed by atoms with Gasteiger partial charge in [0.05, 0.1) is 24.6 Å². The summed E-state index contributed by atoms with van der Waals surface area (Å²) in [5.74, 6) is 0.211. The monoisotopic (exact) mass is 590 g/mol. The number of aromatic nitrogens is 1. The van der Waals surface area contributed by atoms with Crippen LogP contribution in [0.25, 0.3) is 0 Å². The number of nitrogens with zero attached hydrogens (tertiary/aromatic N) is 1. The van der Waals surface area contributed by atoms with Crippen molar-refractivity contribution in [1.82, 2.24) is 10.3 Å². The summed E-state index contributed by atoms with van der Waals surface area (Å²) >= 11 is 0. The molecule has 2 heterocycles. The van der Waals surface area contributed by atoms with E-state index in [0.717, 1.165) is 87.3 Å². The van der Waals surface area contributed by atoms with Crippen LogP contribution in [-0.2, 0) is 22.5 Å². The van der Waals surface area contributed by atoms with Gasteiger partial charge in [0.25, 0.3) is 0 Å². The first-order valence-electron chi connectivity index (χ1n) is 15.4. The van der Waals surface area contributed by atoms with Crippen molar-refractivity contribution in [3.05, 3.63) is 83.7 Å². The molecular formula is C34H46N4O5. The van der Waals surface area contributed by atoms with Crippen molar-refractivity contribution in [1.29, 1.82) is 0 Å². The number of anilines is 2. The Labute approximate surface area is 255 Å². The van der Waals surface area contributed by atoms with E-state index in [1.54, 1.807) is 24.5 Å². The van der Waals surface area contributed by atoms with Gasteiger partial charge in [-0.25, -0.2) is 4.79 Å². The first-order valence-corrected chi connectivity index (χ1v) is 15.4. The quantitative estimate of drug-likeness (QED) is 0.131. The van der Waals surface area contributed by atoms with E-state index >= 15 is 0 Å². The minimum Gasteiger partial charge on any atom is -0.463 e. The van der Waals surface area contributed by atoms with Crippen LogP contribution in [0, 0.1) is 0 Å². The van der Waals surface area contributed by atoms with Gasteiger partial charge in [-0.3, -0.25) is 4.98 Å². The lowest BCUT2D eigenvalue weighted by atomic mass is 10.0. The zero-order chi connectivity index (χ0) is 30.3. The van der Waals surface area contributed by atoms with E-state index in [1.807, 2.05) is 50.2 Å². The van der Waals surface area contributed by atoms with Crippen LogP contribution < -0.4 is 20.7 Å². The summed E-state index contributed by atoms with van der Waals surface area (Å²) in [7, 11) is 0. The maximum absolute atomic E-state index is 12.2. The van der Waals surface area contributed by atoms with Crippen molar-refractivity contribution >= 4 is 17.4 Å². The summed E-state index contributed by atoms with van der Waals surface area (Å²) < 4.78 is 17.4. The molecule has 9 nitrogen and oxygen atoms in total. The number of fused-ring (bicyclic) bond motifs is 1. The SMILES string of the molecule is CC1(C)OCc2cc([C@@H](O)CNCCCCCCOCCCCc3cccc(NC(=O)Nc4cccnc4)c3)ccc2O1. The molecule has 1 aliphatic heterocycles. The highest BCUT2D eigenvalue weighted by molar-refractivity contribution is 5.99. The van der Waals surface area contributed by atoms with Gasteiger partial charge >= 0.3 is 6.03 Å². The standard InChI is InChI=1S/C34H46N4O5/c1-34(2)42-25-28-22-27(15-16-32(28)43-34)31(39)24-36-17-6-3-4-7-19-41-20-8-5-11-26-12-9-13-29(21-26)37-33(40)38-30-14-10-18-35-23-30/h9-10,12-16,18,21-23,31,36,39H,3-8,11,17,19-20,24-25H2,1-2H3,(H2,37,38,40)/t31-/m0/s1. The van der Waals surface area contributed by atoms with Gasteiger partial charge in [0, 0.05) is 51.1 Å². The van der Waals surface area contributed by atoms with Crippen molar-refractivity contribution in [3.63, 3.8) is 0 Å². The molecule has 2 aromatic carbocycles. The topological polar surface area (TPSA) is 114 Å². The van der Waals surface area contributed by atoms with E-state index in [1.165, 1.54) is 5.56 Å². The zero-order valence-electron chi connectivity index (χ0n) is 25.4. The molecule has 0 unspecified atom stereocenters. The second kappa shape index (κ2) is 17.0. The first kappa shape index (κ1) is 32.4. The number of amides is 2. The number of rotatable bonds is 17. The van der Waals surface area contributed by atoms with Crippen LogP contribution in [0.4, 0.5) is 16.2 Å². The molecule has 0 aliphatic carbocycles. The fourth-order valence-electron chi connectivity index (χ4n) is 4.90. The van der Waals surface area contributed by atoms with Crippen LogP contribution in [0.2, 0.25) is 0 Å². The van der Waals surface area contributed by atoms with E-state index in [2.05, 4.69) is 27.0 Å². The third-order valence-electron chi connectivity index (χ3n) is 7.24. The number of pyridine rings is 1. The molecular weight excluding hydrogens is 544 g/mol. The lowest BCUT2D eigenvalue weighted by Crippen LogP contribution is -2.35. The van der Waals surface area contributed by atoms with Gasteiger partial charge in [-0.15, -0.1) is 0 Å². The summed E-state index contributed by atoms with van der Waals surface area (Å²) in [4.78, 5) is 16.2. The van der Waals surface area contributed by atoms with Crippen LogP contribution >= 0.6 is 0 Å². The largest absolute Gasteiger partial charge is 0.463 e. The number of aryl methyl sites for hydroxylation is 1. The second-order valence-corrected chi connectivity index (χ2v) is 11.4. The van der Waals surface area contributed by atoms with Crippen molar-refractivity contribution in [2.45, 2.75) is 77.3 Å². The van der Waals surface area contributed by atoms with Crippen LogP contribution in [0.15, 0.2) is 67.0 Å². The van der Waals surface area contributed by atoms with Crippen LogP contribution in [0.5, 0.6) is 5.75 Å². The van der Waals surface area contributed by atoms with Crippen molar-refractivity contribution < 1.29 is 24.1 Å². The molecule has 43 heavy (non-hydrogen) atoms. The Bertz CT molecular complexity index is 1270. The second-order valence-electron chi connectivity index (χ2n) is 11.4. The molecule has 232 valence electrons. The Morgan fingerprint density at radius 2 is 1.77 bits per heavy atom. The van der Waals surface area contributed by atoms with E-state index in [0.29, 0.717) is 18.8 Å². The molecule has 2 amide bonds. The average molecular weight is 591 g/mol. The molecule has 0 fully saturated rings. The molecule has 1 aliphatic rings. The van der Waals surface area contributed by atoms with Crippen molar-refractivity contribution in [3.8, 4) is 5.75 Å². The van der Waals surface area contributed by atoms with Gasteiger partial charge in [-0.2, -0.15) is 0 Å². The Balaban J connectivity index is 0.970. The van der Waals surface area contributed by atoms with Crippen molar-refractivity contribution in [2.24, 2.45) is 0 Å². The zero-order valence-corrected chi connectivity index (χ0v) is 25.4. The minimum atomic E-state index is -0.613. The number of carbonyl (C=O) groups is 1. The predicted molar refractivity (Wildman–Crippen MR) is 169 cm³/mol. The third-order valence-corrected chi connectivity index (χ3v) is 7.24. The van der Waals surface area contributed by atoms with Crippen LogP contribution in [0.3, 0.4) is 0 Å². The van der Waals surface area contributed by atoms with Crippen LogP contribution in [-0.4, -0.2) is 48.2 Å².